The number of carboxylic acid groups (broad SMARTS) is 1. The number of carbonyl (C=O) groups is 1. The van der Waals surface area contributed by atoms with Crippen molar-refractivity contribution in [3.63, 3.8) is 0 Å². The fraction of sp³-hybridized carbons (Fsp3) is 0.533. The first-order chi connectivity index (χ1) is 8.99. The molecular formula is C15H22N2O2. The molecule has 3 unspecified atom stereocenters. The van der Waals surface area contributed by atoms with Crippen LogP contribution >= 0.6 is 0 Å². The summed E-state index contributed by atoms with van der Waals surface area (Å²) in [4.78, 5) is 11.3. The Morgan fingerprint density at radius 3 is 2.79 bits per heavy atom. The van der Waals surface area contributed by atoms with Crippen molar-refractivity contribution < 1.29 is 9.90 Å². The van der Waals surface area contributed by atoms with Gasteiger partial charge in [0.15, 0.2) is 0 Å². The van der Waals surface area contributed by atoms with E-state index in [1.165, 1.54) is 18.9 Å². The van der Waals surface area contributed by atoms with Crippen LogP contribution in [0.2, 0.25) is 0 Å². The Kier molecular flexibility index (Phi) is 3.98. The zero-order valence-electron chi connectivity index (χ0n) is 11.5. The molecule has 4 N–H and O–H groups in total. The second kappa shape index (κ2) is 5.51. The van der Waals surface area contributed by atoms with Crippen LogP contribution in [0.25, 0.3) is 0 Å². The summed E-state index contributed by atoms with van der Waals surface area (Å²) in [6.07, 6.45) is 3.54. The molecule has 1 aromatic rings. The van der Waals surface area contributed by atoms with E-state index < -0.39 is 5.97 Å². The van der Waals surface area contributed by atoms with Gasteiger partial charge in [0.05, 0.1) is 5.56 Å². The topological polar surface area (TPSA) is 75.3 Å². The molecule has 1 fully saturated rings. The van der Waals surface area contributed by atoms with Crippen LogP contribution in [0.15, 0.2) is 18.2 Å². The van der Waals surface area contributed by atoms with Crippen molar-refractivity contribution in [3.8, 4) is 0 Å². The molecule has 0 spiro atoms. The van der Waals surface area contributed by atoms with E-state index >= 15 is 0 Å². The van der Waals surface area contributed by atoms with E-state index in [2.05, 4.69) is 19.2 Å². The molecule has 0 bridgehead atoms. The van der Waals surface area contributed by atoms with Crippen LogP contribution in [0.3, 0.4) is 0 Å². The van der Waals surface area contributed by atoms with Gasteiger partial charge in [-0.1, -0.05) is 26.7 Å². The lowest BCUT2D eigenvalue weighted by Gasteiger charge is -2.35. The standard InChI is InChI=1S/C15H22N2O2/c1-9-4-3-5-13(10(9)2)17-14-7-6-11(16)8-12(14)15(18)19/h6-10,13,17H,3-5,16H2,1-2H3,(H,18,19). The third-order valence-corrected chi connectivity index (χ3v) is 4.32. The molecule has 3 atom stereocenters. The Morgan fingerprint density at radius 1 is 1.37 bits per heavy atom. The fourth-order valence-electron chi connectivity index (χ4n) is 2.85. The Balaban J connectivity index is 2.21. The van der Waals surface area contributed by atoms with E-state index in [1.807, 2.05) is 0 Å². The average molecular weight is 262 g/mol. The molecule has 104 valence electrons. The number of benzene rings is 1. The van der Waals surface area contributed by atoms with Crippen molar-refractivity contribution in [3.05, 3.63) is 23.8 Å². The molecule has 2 rings (SSSR count). The van der Waals surface area contributed by atoms with E-state index in [9.17, 15) is 9.90 Å². The van der Waals surface area contributed by atoms with Crippen LogP contribution in [-0.4, -0.2) is 17.1 Å². The van der Waals surface area contributed by atoms with Gasteiger partial charge < -0.3 is 16.2 Å². The molecule has 0 amide bonds. The summed E-state index contributed by atoms with van der Waals surface area (Å²) in [5, 5.41) is 12.6. The summed E-state index contributed by atoms with van der Waals surface area (Å²) in [7, 11) is 0. The molecule has 1 saturated carbocycles. The molecule has 19 heavy (non-hydrogen) atoms. The van der Waals surface area contributed by atoms with Crippen molar-refractivity contribution in [2.75, 3.05) is 11.1 Å². The number of nitrogens with one attached hydrogen (secondary N) is 1. The van der Waals surface area contributed by atoms with Crippen LogP contribution in [0.4, 0.5) is 11.4 Å². The maximum absolute atomic E-state index is 11.3. The van der Waals surface area contributed by atoms with Crippen molar-refractivity contribution in [1.29, 1.82) is 0 Å². The smallest absolute Gasteiger partial charge is 0.337 e. The second-order valence-electron chi connectivity index (χ2n) is 5.63. The van der Waals surface area contributed by atoms with Gasteiger partial charge in [-0.15, -0.1) is 0 Å². The van der Waals surface area contributed by atoms with E-state index in [4.69, 9.17) is 5.73 Å². The first kappa shape index (κ1) is 13.7. The quantitative estimate of drug-likeness (QED) is 0.731. The maximum atomic E-state index is 11.3. The van der Waals surface area contributed by atoms with Crippen LogP contribution in [0.5, 0.6) is 0 Å². The number of nitrogen functional groups attached to an aromatic ring is 1. The molecule has 0 saturated heterocycles. The fourth-order valence-corrected chi connectivity index (χ4v) is 2.85. The Hall–Kier alpha value is -1.71. The first-order valence-electron chi connectivity index (χ1n) is 6.88. The lowest BCUT2D eigenvalue weighted by Crippen LogP contribution is -2.35. The molecule has 1 aliphatic rings. The van der Waals surface area contributed by atoms with Gasteiger partial charge in [-0.25, -0.2) is 4.79 Å². The van der Waals surface area contributed by atoms with Gasteiger partial charge in [0.1, 0.15) is 0 Å². The summed E-state index contributed by atoms with van der Waals surface area (Å²) in [6, 6.07) is 5.36. The van der Waals surface area contributed by atoms with Gasteiger partial charge in [-0.05, 0) is 36.5 Å². The first-order valence-corrected chi connectivity index (χ1v) is 6.88. The van der Waals surface area contributed by atoms with Crippen molar-refractivity contribution >= 4 is 17.3 Å². The number of rotatable bonds is 3. The van der Waals surface area contributed by atoms with E-state index in [0.717, 1.165) is 6.42 Å². The number of hydrogen-bond donors (Lipinski definition) is 3. The van der Waals surface area contributed by atoms with Crippen LogP contribution in [0.1, 0.15) is 43.5 Å². The molecule has 0 aliphatic heterocycles. The van der Waals surface area contributed by atoms with Crippen molar-refractivity contribution in [1.82, 2.24) is 0 Å². The van der Waals surface area contributed by atoms with Gasteiger partial charge in [-0.3, -0.25) is 0 Å². The van der Waals surface area contributed by atoms with E-state index in [0.29, 0.717) is 29.3 Å². The summed E-state index contributed by atoms with van der Waals surface area (Å²) < 4.78 is 0. The summed E-state index contributed by atoms with van der Waals surface area (Å²) in [5.41, 5.74) is 7.07. The average Bonchev–Trinajstić information content (AvgIpc) is 2.36. The molecule has 1 aromatic carbocycles. The largest absolute Gasteiger partial charge is 0.478 e. The third kappa shape index (κ3) is 3.00. The highest BCUT2D eigenvalue weighted by molar-refractivity contribution is 5.95. The Labute approximate surface area is 114 Å². The second-order valence-corrected chi connectivity index (χ2v) is 5.63. The lowest BCUT2D eigenvalue weighted by atomic mass is 9.78. The summed E-state index contributed by atoms with van der Waals surface area (Å²) in [5.74, 6) is 0.285. The van der Waals surface area contributed by atoms with Gasteiger partial charge in [0.25, 0.3) is 0 Å². The SMILES string of the molecule is CC1CCCC(Nc2ccc(N)cc2C(=O)O)C1C. The minimum Gasteiger partial charge on any atom is -0.478 e. The monoisotopic (exact) mass is 262 g/mol. The number of anilines is 2. The number of nitrogens with two attached hydrogens (primary N) is 1. The highest BCUT2D eigenvalue weighted by atomic mass is 16.4. The summed E-state index contributed by atoms with van der Waals surface area (Å²) >= 11 is 0. The zero-order valence-corrected chi connectivity index (χ0v) is 11.5. The van der Waals surface area contributed by atoms with Crippen LogP contribution in [-0.2, 0) is 0 Å². The number of aromatic carboxylic acids is 1. The predicted octanol–water partition coefficient (Wildman–Crippen LogP) is 3.20. The lowest BCUT2D eigenvalue weighted by molar-refractivity contribution is 0.0698. The van der Waals surface area contributed by atoms with Crippen molar-refractivity contribution in [2.24, 2.45) is 11.8 Å². The van der Waals surface area contributed by atoms with Crippen LogP contribution in [0, 0.1) is 11.8 Å². The van der Waals surface area contributed by atoms with Gasteiger partial charge in [0.2, 0.25) is 0 Å². The predicted molar refractivity (Wildman–Crippen MR) is 77.4 cm³/mol. The maximum Gasteiger partial charge on any atom is 0.337 e. The number of hydrogen-bond acceptors (Lipinski definition) is 3. The normalized spacial score (nSPS) is 26.9. The van der Waals surface area contributed by atoms with Crippen LogP contribution < -0.4 is 11.1 Å². The van der Waals surface area contributed by atoms with E-state index in [1.54, 1.807) is 12.1 Å². The third-order valence-electron chi connectivity index (χ3n) is 4.32. The molecular weight excluding hydrogens is 240 g/mol. The summed E-state index contributed by atoms with van der Waals surface area (Å²) in [6.45, 7) is 4.50. The van der Waals surface area contributed by atoms with Gasteiger partial charge >= 0.3 is 5.97 Å². The molecule has 0 radical (unpaired) electrons. The molecule has 0 aromatic heterocycles. The number of carboxylic acids is 1. The van der Waals surface area contributed by atoms with Gasteiger partial charge in [0, 0.05) is 17.4 Å². The zero-order chi connectivity index (χ0) is 14.0. The Morgan fingerprint density at radius 2 is 2.11 bits per heavy atom. The minimum absolute atomic E-state index is 0.255. The molecule has 0 heterocycles. The van der Waals surface area contributed by atoms with Crippen molar-refractivity contribution in [2.45, 2.75) is 39.2 Å². The van der Waals surface area contributed by atoms with Gasteiger partial charge in [-0.2, -0.15) is 0 Å². The highest BCUT2D eigenvalue weighted by Crippen LogP contribution is 2.32. The van der Waals surface area contributed by atoms with E-state index in [-0.39, 0.29) is 5.56 Å². The Bertz CT molecular complexity index is 473. The highest BCUT2D eigenvalue weighted by Gasteiger charge is 2.27. The molecule has 4 nitrogen and oxygen atoms in total. The molecule has 1 aliphatic carbocycles. The molecule has 4 heteroatoms. The minimum atomic E-state index is -0.939.